The molecule has 0 aromatic carbocycles. The summed E-state index contributed by atoms with van der Waals surface area (Å²) in [5.74, 6) is 0.279. The lowest BCUT2D eigenvalue weighted by atomic mass is 9.99. The van der Waals surface area contributed by atoms with Gasteiger partial charge in [0.1, 0.15) is 11.4 Å². The van der Waals surface area contributed by atoms with Crippen LogP contribution in [0.1, 0.15) is 25.0 Å². The first-order chi connectivity index (χ1) is 8.72. The van der Waals surface area contributed by atoms with E-state index >= 15 is 0 Å². The predicted molar refractivity (Wildman–Crippen MR) is 70.8 cm³/mol. The van der Waals surface area contributed by atoms with Crippen molar-refractivity contribution in [3.8, 4) is 5.75 Å². The number of nitrogens with zero attached hydrogens (tertiary/aromatic N) is 3. The van der Waals surface area contributed by atoms with Crippen molar-refractivity contribution in [3.63, 3.8) is 0 Å². The maximum atomic E-state index is 9.45. The van der Waals surface area contributed by atoms with E-state index in [4.69, 9.17) is 0 Å². The highest BCUT2D eigenvalue weighted by Crippen LogP contribution is 2.19. The lowest BCUT2D eigenvalue weighted by molar-refractivity contribution is 0.184. The molecule has 2 aromatic heterocycles. The summed E-state index contributed by atoms with van der Waals surface area (Å²) < 4.78 is 1.90. The van der Waals surface area contributed by atoms with Gasteiger partial charge in [0.25, 0.3) is 0 Å². The number of rotatable bonds is 2. The lowest BCUT2D eigenvalue weighted by Gasteiger charge is -2.31. The van der Waals surface area contributed by atoms with Crippen LogP contribution in [-0.2, 0) is 6.42 Å². The Bertz CT molecular complexity index is 549. The van der Waals surface area contributed by atoms with Gasteiger partial charge in [0.2, 0.25) is 0 Å². The van der Waals surface area contributed by atoms with E-state index in [0.29, 0.717) is 6.04 Å². The number of likely N-dealkylation sites (N-methyl/N-ethyl adjacent to an activating group) is 1. The van der Waals surface area contributed by atoms with Crippen molar-refractivity contribution in [2.24, 2.45) is 0 Å². The molecular weight excluding hydrogens is 226 g/mol. The van der Waals surface area contributed by atoms with Gasteiger partial charge in [-0.15, -0.1) is 0 Å². The summed E-state index contributed by atoms with van der Waals surface area (Å²) >= 11 is 0. The van der Waals surface area contributed by atoms with Gasteiger partial charge in [0.15, 0.2) is 0 Å². The minimum atomic E-state index is 0.279. The summed E-state index contributed by atoms with van der Waals surface area (Å²) in [6.07, 6.45) is 8.62. The molecule has 96 valence electrons. The molecule has 2 aromatic rings. The molecule has 0 radical (unpaired) electrons. The molecule has 3 heterocycles. The first-order valence-corrected chi connectivity index (χ1v) is 6.59. The average Bonchev–Trinajstić information content (AvgIpc) is 2.73. The maximum absolute atomic E-state index is 9.45. The summed E-state index contributed by atoms with van der Waals surface area (Å²) in [6.45, 7) is 1.19. The van der Waals surface area contributed by atoms with E-state index in [-0.39, 0.29) is 5.75 Å². The molecular formula is C14H19N3O. The lowest BCUT2D eigenvalue weighted by Crippen LogP contribution is -2.37. The van der Waals surface area contributed by atoms with Gasteiger partial charge in [-0.2, -0.15) is 0 Å². The van der Waals surface area contributed by atoms with Gasteiger partial charge < -0.3 is 14.4 Å². The zero-order valence-electron chi connectivity index (χ0n) is 10.7. The van der Waals surface area contributed by atoms with Crippen molar-refractivity contribution < 1.29 is 5.11 Å². The molecule has 1 N–H and O–H groups in total. The maximum Gasteiger partial charge on any atom is 0.137 e. The van der Waals surface area contributed by atoms with E-state index in [0.717, 1.165) is 17.8 Å². The second kappa shape index (κ2) is 4.61. The van der Waals surface area contributed by atoms with Crippen LogP contribution in [-0.4, -0.2) is 39.0 Å². The van der Waals surface area contributed by atoms with Gasteiger partial charge in [-0.1, -0.05) is 6.42 Å². The summed E-state index contributed by atoms with van der Waals surface area (Å²) in [5, 5.41) is 9.45. The molecule has 18 heavy (non-hydrogen) atoms. The van der Waals surface area contributed by atoms with E-state index in [1.54, 1.807) is 12.3 Å². The van der Waals surface area contributed by atoms with Gasteiger partial charge in [0, 0.05) is 18.7 Å². The summed E-state index contributed by atoms with van der Waals surface area (Å²) in [7, 11) is 2.20. The quantitative estimate of drug-likeness (QED) is 0.880. The summed E-state index contributed by atoms with van der Waals surface area (Å²) in [6, 6.07) is 4.14. The number of aromatic nitrogens is 2. The fourth-order valence-corrected chi connectivity index (χ4v) is 2.77. The van der Waals surface area contributed by atoms with Gasteiger partial charge in [-0.05, 0) is 38.6 Å². The molecule has 4 nitrogen and oxygen atoms in total. The van der Waals surface area contributed by atoms with Gasteiger partial charge in [-0.25, -0.2) is 4.98 Å². The molecule has 1 unspecified atom stereocenters. The topological polar surface area (TPSA) is 40.8 Å². The molecule has 0 bridgehead atoms. The van der Waals surface area contributed by atoms with E-state index in [2.05, 4.69) is 16.9 Å². The molecule has 1 atom stereocenters. The van der Waals surface area contributed by atoms with Gasteiger partial charge >= 0.3 is 0 Å². The Kier molecular flexibility index (Phi) is 2.96. The normalized spacial score (nSPS) is 21.5. The number of aromatic hydroxyl groups is 1. The van der Waals surface area contributed by atoms with Gasteiger partial charge in [0.05, 0.1) is 11.9 Å². The SMILES string of the molecule is CN1CCCCC1Cc1cn2cc(O)ccc2n1. The number of likely N-dealkylation sites (tertiary alicyclic amines) is 1. The number of pyridine rings is 1. The van der Waals surface area contributed by atoms with Crippen LogP contribution in [0.5, 0.6) is 5.75 Å². The third-order valence-corrected chi connectivity index (χ3v) is 3.85. The van der Waals surface area contributed by atoms with E-state index < -0.39 is 0 Å². The molecule has 1 saturated heterocycles. The minimum Gasteiger partial charge on any atom is -0.506 e. The van der Waals surface area contributed by atoms with Crippen LogP contribution in [0, 0.1) is 0 Å². The molecule has 0 aliphatic carbocycles. The van der Waals surface area contributed by atoms with E-state index in [1.165, 1.54) is 25.8 Å². The zero-order valence-corrected chi connectivity index (χ0v) is 10.7. The van der Waals surface area contributed by atoms with Crippen LogP contribution >= 0.6 is 0 Å². The standard InChI is InChI=1S/C14H19N3O/c1-16-7-3-2-4-12(16)8-11-9-17-10-13(18)5-6-14(17)15-11/h5-6,9-10,12,18H,2-4,7-8H2,1H3. The highest BCUT2D eigenvalue weighted by Gasteiger charge is 2.20. The highest BCUT2D eigenvalue weighted by atomic mass is 16.3. The monoisotopic (exact) mass is 245 g/mol. The number of hydrogen-bond donors (Lipinski definition) is 1. The zero-order chi connectivity index (χ0) is 12.5. The van der Waals surface area contributed by atoms with Gasteiger partial charge in [-0.3, -0.25) is 0 Å². The second-order valence-electron chi connectivity index (χ2n) is 5.22. The number of imidazole rings is 1. The third-order valence-electron chi connectivity index (χ3n) is 3.85. The van der Waals surface area contributed by atoms with E-state index in [9.17, 15) is 5.11 Å². The Hall–Kier alpha value is -1.55. The molecule has 1 aliphatic heterocycles. The Morgan fingerprint density at radius 1 is 1.33 bits per heavy atom. The molecule has 0 saturated carbocycles. The van der Waals surface area contributed by atoms with Crippen LogP contribution in [0.2, 0.25) is 0 Å². The molecule has 4 heteroatoms. The summed E-state index contributed by atoms with van der Waals surface area (Å²) in [5.41, 5.74) is 2.01. The van der Waals surface area contributed by atoms with Crippen molar-refractivity contribution in [1.29, 1.82) is 0 Å². The van der Waals surface area contributed by atoms with Crippen LogP contribution in [0.3, 0.4) is 0 Å². The van der Waals surface area contributed by atoms with Crippen molar-refractivity contribution in [2.45, 2.75) is 31.7 Å². The van der Waals surface area contributed by atoms with Crippen molar-refractivity contribution in [3.05, 3.63) is 30.2 Å². The third kappa shape index (κ3) is 2.20. The fourth-order valence-electron chi connectivity index (χ4n) is 2.77. The van der Waals surface area contributed by atoms with Crippen LogP contribution < -0.4 is 0 Å². The first-order valence-electron chi connectivity index (χ1n) is 6.59. The Labute approximate surface area is 107 Å². The Morgan fingerprint density at radius 2 is 2.22 bits per heavy atom. The first kappa shape index (κ1) is 11.5. The minimum absolute atomic E-state index is 0.279. The number of hydrogen-bond acceptors (Lipinski definition) is 3. The second-order valence-corrected chi connectivity index (χ2v) is 5.22. The number of fused-ring (bicyclic) bond motifs is 1. The highest BCUT2D eigenvalue weighted by molar-refractivity contribution is 5.42. The Balaban J connectivity index is 1.81. The largest absolute Gasteiger partial charge is 0.506 e. The predicted octanol–water partition coefficient (Wildman–Crippen LogP) is 2.07. The molecule has 1 aliphatic rings. The average molecular weight is 245 g/mol. The summed E-state index contributed by atoms with van der Waals surface area (Å²) in [4.78, 5) is 7.04. The van der Waals surface area contributed by atoms with Crippen molar-refractivity contribution >= 4 is 5.65 Å². The number of piperidine rings is 1. The molecule has 0 amide bonds. The van der Waals surface area contributed by atoms with Crippen LogP contribution in [0.15, 0.2) is 24.5 Å². The fraction of sp³-hybridized carbons (Fsp3) is 0.500. The van der Waals surface area contributed by atoms with Crippen LogP contribution in [0.4, 0.5) is 0 Å². The van der Waals surface area contributed by atoms with Crippen molar-refractivity contribution in [2.75, 3.05) is 13.6 Å². The molecule has 1 fully saturated rings. The molecule has 0 spiro atoms. The smallest absolute Gasteiger partial charge is 0.137 e. The molecule has 3 rings (SSSR count). The van der Waals surface area contributed by atoms with Crippen LogP contribution in [0.25, 0.3) is 5.65 Å². The van der Waals surface area contributed by atoms with E-state index in [1.807, 2.05) is 16.7 Å². The van der Waals surface area contributed by atoms with Crippen molar-refractivity contribution in [1.82, 2.24) is 14.3 Å². The Morgan fingerprint density at radius 3 is 3.06 bits per heavy atom.